The van der Waals surface area contributed by atoms with Crippen molar-refractivity contribution in [3.63, 3.8) is 0 Å². The summed E-state index contributed by atoms with van der Waals surface area (Å²) >= 11 is 0. The third-order valence-electron chi connectivity index (χ3n) is 4.06. The molecule has 2 aromatic carbocycles. The highest BCUT2D eigenvalue weighted by molar-refractivity contribution is 6.50. The molecular formula is C19H16BF2N3. The second kappa shape index (κ2) is 7.22. The molecule has 0 amide bonds. The highest BCUT2D eigenvalue weighted by Gasteiger charge is 2.33. The highest BCUT2D eigenvalue weighted by Crippen LogP contribution is 2.34. The summed E-state index contributed by atoms with van der Waals surface area (Å²) in [4.78, 5) is 2.60. The predicted octanol–water partition coefficient (Wildman–Crippen LogP) is 4.31. The third-order valence-corrected chi connectivity index (χ3v) is 4.06. The maximum absolute atomic E-state index is 13.8. The molecule has 3 rings (SSSR count). The minimum Gasteiger partial charge on any atom is -0.360 e. The number of benzene rings is 2. The van der Waals surface area contributed by atoms with E-state index in [2.05, 4.69) is 6.07 Å². The van der Waals surface area contributed by atoms with Crippen LogP contribution in [-0.2, 0) is 6.54 Å². The topological polar surface area (TPSA) is 30.3 Å². The van der Waals surface area contributed by atoms with Crippen LogP contribution < -0.4 is 4.81 Å². The van der Waals surface area contributed by atoms with Gasteiger partial charge in [-0.15, -0.1) is 0 Å². The van der Waals surface area contributed by atoms with Crippen LogP contribution in [0.2, 0.25) is 0 Å². The first kappa shape index (κ1) is 16.8. The molecule has 0 bridgehead atoms. The molecule has 0 atom stereocenters. The Morgan fingerprint density at radius 3 is 2.44 bits per heavy atom. The second-order valence-electron chi connectivity index (χ2n) is 5.73. The van der Waals surface area contributed by atoms with Gasteiger partial charge in [-0.1, -0.05) is 54.6 Å². The number of allylic oxidation sites excluding steroid dienone is 2. The Hall–Kier alpha value is -3.07. The molecule has 124 valence electrons. The molecule has 0 aromatic heterocycles. The zero-order valence-corrected chi connectivity index (χ0v) is 13.7. The van der Waals surface area contributed by atoms with Crippen LogP contribution in [0.3, 0.4) is 0 Å². The first-order chi connectivity index (χ1) is 12.1. The normalized spacial score (nSPS) is 14.6. The first-order valence-corrected chi connectivity index (χ1v) is 7.85. The molecule has 0 fully saturated rings. The van der Waals surface area contributed by atoms with Crippen molar-refractivity contribution >= 4 is 19.2 Å². The van der Waals surface area contributed by atoms with Gasteiger partial charge in [-0.2, -0.15) is 5.26 Å². The molecule has 1 heterocycles. The number of halogens is 2. The van der Waals surface area contributed by atoms with E-state index < -0.39 is 7.40 Å². The van der Waals surface area contributed by atoms with Gasteiger partial charge in [0.2, 0.25) is 0 Å². The number of nitriles is 1. The van der Waals surface area contributed by atoms with Gasteiger partial charge in [-0.25, -0.2) is 0 Å². The van der Waals surface area contributed by atoms with E-state index in [9.17, 15) is 13.9 Å². The van der Waals surface area contributed by atoms with E-state index in [1.165, 1.54) is 0 Å². The average Bonchev–Trinajstić information content (AvgIpc) is 2.62. The van der Waals surface area contributed by atoms with Crippen LogP contribution in [0, 0.1) is 11.3 Å². The van der Waals surface area contributed by atoms with Gasteiger partial charge in [0.05, 0.1) is 5.70 Å². The minimum atomic E-state index is -2.74. The largest absolute Gasteiger partial charge is 0.678 e. The Kier molecular flexibility index (Phi) is 4.85. The number of rotatable bonds is 4. The molecule has 0 saturated carbocycles. The fourth-order valence-corrected chi connectivity index (χ4v) is 2.90. The Bertz CT molecular complexity index is 856. The maximum Gasteiger partial charge on any atom is 0.678 e. The molecule has 0 spiro atoms. The molecule has 25 heavy (non-hydrogen) atoms. The van der Waals surface area contributed by atoms with Crippen molar-refractivity contribution in [3.8, 4) is 6.07 Å². The van der Waals surface area contributed by atoms with Crippen molar-refractivity contribution < 1.29 is 8.63 Å². The van der Waals surface area contributed by atoms with Crippen molar-refractivity contribution in [2.24, 2.45) is 0 Å². The van der Waals surface area contributed by atoms with Gasteiger partial charge in [0.25, 0.3) is 0 Å². The zero-order valence-electron chi connectivity index (χ0n) is 13.7. The van der Waals surface area contributed by atoms with E-state index in [4.69, 9.17) is 0 Å². The van der Waals surface area contributed by atoms with E-state index in [1.807, 2.05) is 30.3 Å². The van der Waals surface area contributed by atoms with Crippen LogP contribution in [0.15, 0.2) is 72.1 Å². The number of fused-ring (bicyclic) bond motifs is 1. The zero-order chi connectivity index (χ0) is 17.8. The lowest BCUT2D eigenvalue weighted by atomic mass is 9.97. The fourth-order valence-electron chi connectivity index (χ4n) is 2.90. The van der Waals surface area contributed by atoms with Crippen molar-refractivity contribution in [2.75, 3.05) is 11.9 Å². The van der Waals surface area contributed by atoms with Gasteiger partial charge >= 0.3 is 7.40 Å². The summed E-state index contributed by atoms with van der Waals surface area (Å²) in [5.74, 6) is 0. The van der Waals surface area contributed by atoms with Gasteiger partial charge in [0, 0.05) is 19.3 Å². The monoisotopic (exact) mass is 335 g/mol. The Morgan fingerprint density at radius 1 is 1.08 bits per heavy atom. The number of anilines is 1. The number of hydrogen-bond acceptors (Lipinski definition) is 3. The molecule has 0 aliphatic carbocycles. The van der Waals surface area contributed by atoms with Gasteiger partial charge in [0.15, 0.2) is 0 Å². The minimum absolute atomic E-state index is 0.203. The summed E-state index contributed by atoms with van der Waals surface area (Å²) < 4.78 is 27.5. The van der Waals surface area contributed by atoms with Crippen LogP contribution in [0.5, 0.6) is 0 Å². The molecule has 1 aliphatic heterocycles. The number of para-hydroxylation sites is 1. The van der Waals surface area contributed by atoms with E-state index in [0.29, 0.717) is 17.8 Å². The molecule has 0 saturated heterocycles. The van der Waals surface area contributed by atoms with E-state index >= 15 is 0 Å². The third kappa shape index (κ3) is 3.41. The van der Waals surface area contributed by atoms with Crippen LogP contribution in [0.1, 0.15) is 11.1 Å². The molecular weight excluding hydrogens is 319 g/mol. The van der Waals surface area contributed by atoms with Crippen LogP contribution in [0.25, 0.3) is 6.08 Å². The van der Waals surface area contributed by atoms with Crippen LogP contribution >= 0.6 is 0 Å². The quantitative estimate of drug-likeness (QED) is 0.616. The van der Waals surface area contributed by atoms with Gasteiger partial charge in [0.1, 0.15) is 11.8 Å². The first-order valence-electron chi connectivity index (χ1n) is 7.85. The summed E-state index contributed by atoms with van der Waals surface area (Å²) in [7, 11) is -1.01. The van der Waals surface area contributed by atoms with Crippen molar-refractivity contribution in [1.29, 1.82) is 5.26 Å². The molecule has 0 radical (unpaired) electrons. The molecule has 3 nitrogen and oxygen atoms in total. The van der Waals surface area contributed by atoms with E-state index in [-0.39, 0.29) is 11.4 Å². The highest BCUT2D eigenvalue weighted by atomic mass is 19.2. The Morgan fingerprint density at radius 2 is 1.76 bits per heavy atom. The summed E-state index contributed by atoms with van der Waals surface area (Å²) in [5, 5.41) is 9.62. The lowest BCUT2D eigenvalue weighted by Gasteiger charge is -2.31. The Labute approximate surface area is 146 Å². The van der Waals surface area contributed by atoms with Gasteiger partial charge < -0.3 is 9.71 Å². The number of hydrogen-bond donors (Lipinski definition) is 0. The summed E-state index contributed by atoms with van der Waals surface area (Å²) in [6.07, 6.45) is 3.34. The summed E-state index contributed by atoms with van der Waals surface area (Å²) in [6, 6.07) is 18.6. The molecule has 6 heteroatoms. The summed E-state index contributed by atoms with van der Waals surface area (Å²) in [6.45, 7) is 0.458. The molecule has 0 N–H and O–H groups in total. The van der Waals surface area contributed by atoms with Crippen molar-refractivity contribution in [2.45, 2.75) is 6.54 Å². The SMILES string of the molecule is CN(Cc1ccccc1)/C(C#N)=C1/C=Cc2ccccc2N1B(F)F. The van der Waals surface area contributed by atoms with E-state index in [1.54, 1.807) is 48.4 Å². The summed E-state index contributed by atoms with van der Waals surface area (Å²) in [5.41, 5.74) is 2.51. The number of nitrogens with zero attached hydrogens (tertiary/aromatic N) is 3. The van der Waals surface area contributed by atoms with Crippen molar-refractivity contribution in [1.82, 2.24) is 4.90 Å². The molecule has 2 aromatic rings. The maximum atomic E-state index is 13.8. The van der Waals surface area contributed by atoms with E-state index in [0.717, 1.165) is 10.4 Å². The lowest BCUT2D eigenvalue weighted by Crippen LogP contribution is -2.36. The van der Waals surface area contributed by atoms with Gasteiger partial charge in [-0.3, -0.25) is 8.63 Å². The standard InChI is InChI=1S/C19H16BF2N3/c1-24(14-15-7-3-2-4-8-15)19(13-23)18-12-11-16-9-5-6-10-17(16)25(18)20(21)22/h2-12H,14H2,1H3/b19-18-. The lowest BCUT2D eigenvalue weighted by molar-refractivity contribution is 0.423. The Balaban J connectivity index is 2.02. The molecule has 0 unspecified atom stereocenters. The fraction of sp³-hybridized carbons (Fsp3) is 0.105. The average molecular weight is 335 g/mol. The van der Waals surface area contributed by atoms with Crippen LogP contribution in [-0.4, -0.2) is 19.3 Å². The van der Waals surface area contributed by atoms with Crippen LogP contribution in [0.4, 0.5) is 14.3 Å². The smallest absolute Gasteiger partial charge is 0.360 e. The second-order valence-corrected chi connectivity index (χ2v) is 5.73. The molecule has 1 aliphatic rings. The van der Waals surface area contributed by atoms with Crippen molar-refractivity contribution in [3.05, 3.63) is 83.2 Å². The predicted molar refractivity (Wildman–Crippen MR) is 96.5 cm³/mol. The van der Waals surface area contributed by atoms with Gasteiger partial charge in [-0.05, 0) is 23.3 Å².